The van der Waals surface area contributed by atoms with Gasteiger partial charge in [-0.3, -0.25) is 5.43 Å². The Bertz CT molecular complexity index is 1050. The van der Waals surface area contributed by atoms with Crippen molar-refractivity contribution in [1.82, 2.24) is 4.98 Å². The van der Waals surface area contributed by atoms with Crippen molar-refractivity contribution in [2.75, 3.05) is 12.0 Å². The number of hydrazone groups is 1. The largest absolute Gasteiger partial charge is 0.490 e. The number of anilines is 1. The van der Waals surface area contributed by atoms with Gasteiger partial charge in [0.2, 0.25) is 5.13 Å². The highest BCUT2D eigenvalue weighted by Gasteiger charge is 2.16. The lowest BCUT2D eigenvalue weighted by molar-refractivity contribution is 0.0728. The van der Waals surface area contributed by atoms with Crippen LogP contribution >= 0.6 is 34.5 Å². The Morgan fingerprint density at radius 1 is 1.24 bits per heavy atom. The second-order valence-corrected chi connectivity index (χ2v) is 7.52. The first-order valence-corrected chi connectivity index (χ1v) is 10.2. The first kappa shape index (κ1) is 21.1. The summed E-state index contributed by atoms with van der Waals surface area (Å²) in [6.07, 6.45) is 1.63. The van der Waals surface area contributed by atoms with Gasteiger partial charge in [-0.2, -0.15) is 5.10 Å². The van der Waals surface area contributed by atoms with Gasteiger partial charge in [0.05, 0.1) is 29.1 Å². The summed E-state index contributed by atoms with van der Waals surface area (Å²) in [5, 5.41) is 7.45. The van der Waals surface area contributed by atoms with Gasteiger partial charge in [0.25, 0.3) is 0 Å². The van der Waals surface area contributed by atoms with E-state index in [4.69, 9.17) is 32.7 Å². The number of carbonyl (C=O) groups excluding carboxylic acids is 1. The molecule has 0 radical (unpaired) electrons. The van der Waals surface area contributed by atoms with E-state index >= 15 is 0 Å². The van der Waals surface area contributed by atoms with Crippen LogP contribution in [0.2, 0.25) is 10.0 Å². The summed E-state index contributed by atoms with van der Waals surface area (Å²) in [5.41, 5.74) is 4.78. The zero-order valence-electron chi connectivity index (χ0n) is 15.6. The number of carbonyl (C=O) groups is 1. The number of nitrogens with one attached hydrogen (secondary N) is 1. The minimum absolute atomic E-state index is 0.215. The highest BCUT2D eigenvalue weighted by atomic mass is 35.5. The molecule has 0 atom stereocenters. The minimum Gasteiger partial charge on any atom is -0.490 e. The number of hydrogen-bond acceptors (Lipinski definition) is 7. The van der Waals surface area contributed by atoms with Crippen molar-refractivity contribution in [3.8, 4) is 11.5 Å². The molecule has 29 heavy (non-hydrogen) atoms. The average Bonchev–Trinajstić information content (AvgIpc) is 3.09. The maximum Gasteiger partial charge on any atom is 0.345 e. The molecule has 0 amide bonds. The maximum absolute atomic E-state index is 12.5. The van der Waals surface area contributed by atoms with E-state index < -0.39 is 5.97 Å². The van der Waals surface area contributed by atoms with E-state index in [-0.39, 0.29) is 16.3 Å². The summed E-state index contributed by atoms with van der Waals surface area (Å²) in [4.78, 5) is 16.7. The monoisotopic (exact) mass is 449 g/mol. The molecular formula is C20H17Cl2N3O3S. The maximum atomic E-state index is 12.5. The van der Waals surface area contributed by atoms with Crippen LogP contribution in [0.4, 0.5) is 5.13 Å². The van der Waals surface area contributed by atoms with Crippen LogP contribution in [0.1, 0.15) is 28.5 Å². The molecule has 0 aliphatic carbocycles. The Morgan fingerprint density at radius 2 is 2.07 bits per heavy atom. The van der Waals surface area contributed by atoms with Gasteiger partial charge in [0.15, 0.2) is 11.5 Å². The number of aryl methyl sites for hydroxylation is 1. The Morgan fingerprint density at radius 3 is 2.76 bits per heavy atom. The predicted molar refractivity (Wildman–Crippen MR) is 117 cm³/mol. The zero-order valence-corrected chi connectivity index (χ0v) is 17.9. The molecule has 6 nitrogen and oxygen atoms in total. The van der Waals surface area contributed by atoms with E-state index in [1.165, 1.54) is 23.5 Å². The molecule has 1 N–H and O–H groups in total. The van der Waals surface area contributed by atoms with E-state index in [2.05, 4.69) is 15.5 Å². The second kappa shape index (κ2) is 9.73. The van der Waals surface area contributed by atoms with E-state index in [9.17, 15) is 4.79 Å². The molecule has 0 fully saturated rings. The lowest BCUT2D eigenvalue weighted by Gasteiger charge is -2.12. The van der Waals surface area contributed by atoms with E-state index in [0.29, 0.717) is 22.5 Å². The fourth-order valence-electron chi connectivity index (χ4n) is 2.33. The smallest absolute Gasteiger partial charge is 0.345 e. The molecule has 3 aromatic rings. The van der Waals surface area contributed by atoms with Crippen LogP contribution in [0, 0.1) is 6.92 Å². The molecule has 0 saturated heterocycles. The van der Waals surface area contributed by atoms with Gasteiger partial charge in [-0.1, -0.05) is 23.2 Å². The summed E-state index contributed by atoms with van der Waals surface area (Å²) in [5.74, 6) is 0.0957. The van der Waals surface area contributed by atoms with Crippen molar-refractivity contribution >= 4 is 51.9 Å². The number of thiazole rings is 1. The van der Waals surface area contributed by atoms with Crippen molar-refractivity contribution in [1.29, 1.82) is 0 Å². The minimum atomic E-state index is -0.602. The molecule has 0 aliphatic heterocycles. The van der Waals surface area contributed by atoms with Crippen molar-refractivity contribution in [2.24, 2.45) is 5.10 Å². The number of nitrogens with zero attached hydrogens (tertiary/aromatic N) is 2. The van der Waals surface area contributed by atoms with E-state index in [1.807, 2.05) is 19.2 Å². The third kappa shape index (κ3) is 5.69. The predicted octanol–water partition coefficient (Wildman–Crippen LogP) is 5.82. The van der Waals surface area contributed by atoms with Crippen molar-refractivity contribution in [3.63, 3.8) is 0 Å². The van der Waals surface area contributed by atoms with Crippen molar-refractivity contribution in [2.45, 2.75) is 13.8 Å². The molecule has 0 saturated carbocycles. The van der Waals surface area contributed by atoms with Crippen molar-refractivity contribution < 1.29 is 14.3 Å². The third-order valence-electron chi connectivity index (χ3n) is 3.61. The highest BCUT2D eigenvalue weighted by Crippen LogP contribution is 2.30. The van der Waals surface area contributed by atoms with Gasteiger partial charge in [-0.25, -0.2) is 9.78 Å². The van der Waals surface area contributed by atoms with Gasteiger partial charge in [-0.15, -0.1) is 11.3 Å². The second-order valence-electron chi connectivity index (χ2n) is 5.82. The van der Waals surface area contributed by atoms with Gasteiger partial charge in [-0.05, 0) is 55.8 Å². The van der Waals surface area contributed by atoms with Crippen LogP contribution in [0.5, 0.6) is 11.5 Å². The van der Waals surface area contributed by atoms with Crippen LogP contribution in [-0.4, -0.2) is 23.8 Å². The van der Waals surface area contributed by atoms with Crippen LogP contribution in [0.15, 0.2) is 46.9 Å². The van der Waals surface area contributed by atoms with Gasteiger partial charge < -0.3 is 9.47 Å². The number of rotatable bonds is 7. The number of aromatic nitrogens is 1. The molecule has 1 heterocycles. The van der Waals surface area contributed by atoms with Gasteiger partial charge in [0.1, 0.15) is 0 Å². The summed E-state index contributed by atoms with van der Waals surface area (Å²) >= 11 is 13.4. The van der Waals surface area contributed by atoms with E-state index in [0.717, 1.165) is 11.3 Å². The molecule has 0 bridgehead atoms. The first-order chi connectivity index (χ1) is 14.0. The first-order valence-electron chi connectivity index (χ1n) is 8.61. The Labute approximate surface area is 182 Å². The molecule has 3 rings (SSSR count). The summed E-state index contributed by atoms with van der Waals surface area (Å²) in [7, 11) is 0. The zero-order chi connectivity index (χ0) is 20.8. The lowest BCUT2D eigenvalue weighted by Crippen LogP contribution is -2.10. The summed E-state index contributed by atoms with van der Waals surface area (Å²) < 4.78 is 11.1. The molecule has 0 aliphatic rings. The average molecular weight is 450 g/mol. The topological polar surface area (TPSA) is 72.8 Å². The molecule has 9 heteroatoms. The van der Waals surface area contributed by atoms with E-state index in [1.54, 1.807) is 30.5 Å². The molecule has 0 spiro atoms. The number of ether oxygens (including phenoxy) is 2. The normalized spacial score (nSPS) is 10.9. The third-order valence-corrected chi connectivity index (χ3v) is 5.03. The van der Waals surface area contributed by atoms with Crippen LogP contribution in [-0.2, 0) is 0 Å². The lowest BCUT2D eigenvalue weighted by atomic mass is 10.2. The van der Waals surface area contributed by atoms with Gasteiger partial charge in [0, 0.05) is 10.4 Å². The Kier molecular flexibility index (Phi) is 7.09. The Balaban J connectivity index is 1.75. The van der Waals surface area contributed by atoms with Crippen LogP contribution < -0.4 is 14.9 Å². The molecule has 1 aromatic heterocycles. The molecule has 2 aromatic carbocycles. The molecular weight excluding hydrogens is 433 g/mol. The van der Waals surface area contributed by atoms with Crippen LogP contribution in [0.25, 0.3) is 0 Å². The van der Waals surface area contributed by atoms with Crippen LogP contribution in [0.3, 0.4) is 0 Å². The molecule has 0 unspecified atom stereocenters. The summed E-state index contributed by atoms with van der Waals surface area (Å²) in [6, 6.07) is 9.70. The Hall–Kier alpha value is -2.61. The quantitative estimate of drug-likeness (QED) is 0.213. The number of halogens is 2. The number of hydrogen-bond donors (Lipinski definition) is 1. The van der Waals surface area contributed by atoms with Crippen molar-refractivity contribution in [3.05, 3.63) is 68.6 Å². The van der Waals surface area contributed by atoms with Gasteiger partial charge >= 0.3 is 5.97 Å². The standard InChI is InChI=1S/C20H17Cl2N3O3S/c1-3-27-18-8-13(10-23-25-20-24-12(2)11-29-20)4-7-17(18)28-19(26)15-6-5-14(21)9-16(15)22/h4-11H,3H2,1-2H3,(H,24,25)/b23-10-. The SMILES string of the molecule is CCOc1cc(/C=N\Nc2nc(C)cs2)ccc1OC(=O)c1ccc(Cl)cc1Cl. The highest BCUT2D eigenvalue weighted by molar-refractivity contribution is 7.13. The summed E-state index contributed by atoms with van der Waals surface area (Å²) in [6.45, 7) is 4.16. The number of benzene rings is 2. The fraction of sp³-hybridized carbons (Fsp3) is 0.150. The fourth-order valence-corrected chi connectivity index (χ4v) is 3.46. The molecule has 150 valence electrons. The number of esters is 1.